The van der Waals surface area contributed by atoms with E-state index in [0.717, 1.165) is 37.8 Å². The average Bonchev–Trinajstić information content (AvgIpc) is 2.53. The molecule has 0 aliphatic carbocycles. The van der Waals surface area contributed by atoms with Gasteiger partial charge in [-0.25, -0.2) is 8.42 Å². The van der Waals surface area contributed by atoms with Crippen molar-refractivity contribution in [1.29, 1.82) is 0 Å². The van der Waals surface area contributed by atoms with Gasteiger partial charge >= 0.3 is 0 Å². The summed E-state index contributed by atoms with van der Waals surface area (Å²) in [6, 6.07) is 7.32. The minimum Gasteiger partial charge on any atom is -0.319 e. The number of likely N-dealkylation sites (N-methyl/N-ethyl adjacent to an activating group) is 1. The molecule has 0 atom stereocenters. The maximum Gasteiger partial charge on any atom is 0.243 e. The highest BCUT2D eigenvalue weighted by Crippen LogP contribution is 2.25. The molecule has 4 nitrogen and oxygen atoms in total. The van der Waals surface area contributed by atoms with Crippen LogP contribution in [-0.2, 0) is 16.4 Å². The van der Waals surface area contributed by atoms with Gasteiger partial charge in [-0.2, -0.15) is 4.31 Å². The fourth-order valence-electron chi connectivity index (χ4n) is 2.80. The molecule has 0 amide bonds. The van der Waals surface area contributed by atoms with Gasteiger partial charge in [-0.1, -0.05) is 25.5 Å². The van der Waals surface area contributed by atoms with Crippen LogP contribution in [0.25, 0.3) is 0 Å². The molecule has 1 fully saturated rings. The summed E-state index contributed by atoms with van der Waals surface area (Å²) in [5, 5.41) is 3.10. The number of piperidine rings is 1. The number of hydrogen-bond acceptors (Lipinski definition) is 3. The van der Waals surface area contributed by atoms with Crippen LogP contribution in [0.3, 0.4) is 0 Å². The van der Waals surface area contributed by atoms with Crippen molar-refractivity contribution in [2.24, 2.45) is 5.92 Å². The lowest BCUT2D eigenvalue weighted by Crippen LogP contribution is -2.38. The van der Waals surface area contributed by atoms with Crippen LogP contribution >= 0.6 is 0 Å². The molecule has 1 saturated heterocycles. The third-order valence-electron chi connectivity index (χ3n) is 4.38. The quantitative estimate of drug-likeness (QED) is 0.877. The smallest absolute Gasteiger partial charge is 0.243 e. The molecule has 0 spiro atoms. The zero-order chi connectivity index (χ0) is 15.3. The molecule has 21 heavy (non-hydrogen) atoms. The first-order valence-corrected chi connectivity index (χ1v) is 9.25. The van der Waals surface area contributed by atoms with Gasteiger partial charge in [0, 0.05) is 13.1 Å². The first-order chi connectivity index (χ1) is 10.1. The number of hydrogen-bond donors (Lipinski definition) is 1. The lowest BCUT2D eigenvalue weighted by Gasteiger charge is -2.30. The zero-order valence-corrected chi connectivity index (χ0v) is 13.8. The van der Waals surface area contributed by atoms with Crippen LogP contribution in [0.5, 0.6) is 0 Å². The molecule has 0 radical (unpaired) electrons. The van der Waals surface area contributed by atoms with Crippen molar-refractivity contribution in [2.45, 2.75) is 37.5 Å². The Bertz CT molecular complexity index is 532. The third kappa shape index (κ3) is 4.05. The maximum absolute atomic E-state index is 12.6. The first kappa shape index (κ1) is 16.5. The predicted octanol–water partition coefficient (Wildman–Crippen LogP) is 2.26. The van der Waals surface area contributed by atoms with E-state index in [4.69, 9.17) is 0 Å². The molecule has 1 aromatic carbocycles. The number of rotatable bonds is 6. The minimum atomic E-state index is -3.31. The van der Waals surface area contributed by atoms with E-state index in [-0.39, 0.29) is 0 Å². The number of sulfonamides is 1. The number of benzene rings is 1. The summed E-state index contributed by atoms with van der Waals surface area (Å²) < 4.78 is 26.9. The fourth-order valence-corrected chi connectivity index (χ4v) is 4.27. The van der Waals surface area contributed by atoms with Crippen molar-refractivity contribution in [1.82, 2.24) is 9.62 Å². The summed E-state index contributed by atoms with van der Waals surface area (Å²) in [7, 11) is -1.40. The summed E-state index contributed by atoms with van der Waals surface area (Å²) in [6.45, 7) is 4.39. The van der Waals surface area contributed by atoms with Gasteiger partial charge in [0.15, 0.2) is 0 Å². The Balaban J connectivity index is 2.05. The van der Waals surface area contributed by atoms with Crippen molar-refractivity contribution in [3.05, 3.63) is 29.8 Å². The lowest BCUT2D eigenvalue weighted by atomic mass is 9.96. The molecule has 1 heterocycles. The van der Waals surface area contributed by atoms with Crippen LogP contribution in [0.15, 0.2) is 29.2 Å². The molecular weight excluding hydrogens is 284 g/mol. The minimum absolute atomic E-state index is 0.422. The van der Waals surface area contributed by atoms with Crippen LogP contribution in [0.1, 0.15) is 31.7 Å². The molecule has 1 aliphatic heterocycles. The van der Waals surface area contributed by atoms with Crippen molar-refractivity contribution in [3.8, 4) is 0 Å². The van der Waals surface area contributed by atoms with E-state index in [0.29, 0.717) is 23.9 Å². The van der Waals surface area contributed by atoms with E-state index in [1.165, 1.54) is 0 Å². The number of nitrogens with zero attached hydrogens (tertiary/aromatic N) is 1. The predicted molar refractivity (Wildman–Crippen MR) is 85.8 cm³/mol. The first-order valence-electron chi connectivity index (χ1n) is 7.81. The Morgan fingerprint density at radius 3 is 2.33 bits per heavy atom. The van der Waals surface area contributed by atoms with Gasteiger partial charge in [-0.05, 0) is 56.5 Å². The second-order valence-corrected chi connectivity index (χ2v) is 7.69. The van der Waals surface area contributed by atoms with Crippen molar-refractivity contribution >= 4 is 10.0 Å². The topological polar surface area (TPSA) is 49.4 Å². The van der Waals surface area contributed by atoms with E-state index in [2.05, 4.69) is 12.2 Å². The molecule has 0 bridgehead atoms. The molecule has 5 heteroatoms. The van der Waals surface area contributed by atoms with Crippen molar-refractivity contribution in [2.75, 3.05) is 26.7 Å². The van der Waals surface area contributed by atoms with Crippen LogP contribution in [0.4, 0.5) is 0 Å². The van der Waals surface area contributed by atoms with Gasteiger partial charge in [0.2, 0.25) is 10.0 Å². The molecule has 0 saturated carbocycles. The summed E-state index contributed by atoms with van der Waals surface area (Å²) in [4.78, 5) is 0.422. The summed E-state index contributed by atoms with van der Waals surface area (Å²) in [5.74, 6) is 0.681. The molecule has 1 N–H and O–H groups in total. The van der Waals surface area contributed by atoms with Crippen LogP contribution < -0.4 is 5.32 Å². The average molecular weight is 310 g/mol. The fraction of sp³-hybridized carbons (Fsp3) is 0.625. The largest absolute Gasteiger partial charge is 0.319 e. The Morgan fingerprint density at radius 2 is 1.81 bits per heavy atom. The van der Waals surface area contributed by atoms with Crippen molar-refractivity contribution < 1.29 is 8.42 Å². The van der Waals surface area contributed by atoms with Gasteiger partial charge in [0.25, 0.3) is 0 Å². The Morgan fingerprint density at radius 1 is 1.19 bits per heavy atom. The highest BCUT2D eigenvalue weighted by atomic mass is 32.2. The standard InChI is InChI=1S/C16H26N2O2S/c1-3-14-9-12-18(13-10-14)21(19,20)16-6-4-15(5-7-16)8-11-17-2/h4-7,14,17H,3,8-13H2,1-2H3. The monoisotopic (exact) mass is 310 g/mol. The van der Waals surface area contributed by atoms with Gasteiger partial charge in [-0.15, -0.1) is 0 Å². The molecule has 0 aromatic heterocycles. The lowest BCUT2D eigenvalue weighted by molar-refractivity contribution is 0.269. The molecule has 0 unspecified atom stereocenters. The highest BCUT2D eigenvalue weighted by Gasteiger charge is 2.28. The highest BCUT2D eigenvalue weighted by molar-refractivity contribution is 7.89. The van der Waals surface area contributed by atoms with E-state index in [9.17, 15) is 8.42 Å². The molecule has 1 aliphatic rings. The second-order valence-electron chi connectivity index (χ2n) is 5.75. The van der Waals surface area contributed by atoms with Crippen molar-refractivity contribution in [3.63, 3.8) is 0 Å². The summed E-state index contributed by atoms with van der Waals surface area (Å²) >= 11 is 0. The number of nitrogens with one attached hydrogen (secondary N) is 1. The maximum atomic E-state index is 12.6. The molecule has 2 rings (SSSR count). The van der Waals surface area contributed by atoms with Gasteiger partial charge in [0.1, 0.15) is 0 Å². The Kier molecular flexibility index (Phi) is 5.79. The molecule has 118 valence electrons. The van der Waals surface area contributed by atoms with E-state index >= 15 is 0 Å². The van der Waals surface area contributed by atoms with Crippen LogP contribution in [0.2, 0.25) is 0 Å². The van der Waals surface area contributed by atoms with Crippen LogP contribution in [0, 0.1) is 5.92 Å². The van der Waals surface area contributed by atoms with E-state index in [1.807, 2.05) is 19.2 Å². The van der Waals surface area contributed by atoms with E-state index in [1.54, 1.807) is 16.4 Å². The van der Waals surface area contributed by atoms with Gasteiger partial charge < -0.3 is 5.32 Å². The second kappa shape index (κ2) is 7.38. The summed E-state index contributed by atoms with van der Waals surface area (Å²) in [5.41, 5.74) is 1.16. The molecule has 1 aromatic rings. The SMILES string of the molecule is CCC1CCN(S(=O)(=O)c2ccc(CCNC)cc2)CC1. The summed E-state index contributed by atoms with van der Waals surface area (Å²) in [6.07, 6.45) is 4.03. The van der Waals surface area contributed by atoms with Gasteiger partial charge in [-0.3, -0.25) is 0 Å². The normalized spacial score (nSPS) is 18.0. The molecular formula is C16H26N2O2S. The van der Waals surface area contributed by atoms with Crippen LogP contribution in [-0.4, -0.2) is 39.4 Å². The zero-order valence-electron chi connectivity index (χ0n) is 13.0. The Hall–Kier alpha value is -0.910. The third-order valence-corrected chi connectivity index (χ3v) is 6.29. The van der Waals surface area contributed by atoms with E-state index < -0.39 is 10.0 Å². The Labute approximate surface area is 128 Å². The van der Waals surface area contributed by atoms with Gasteiger partial charge in [0.05, 0.1) is 4.90 Å².